The van der Waals surface area contributed by atoms with Crippen molar-refractivity contribution in [2.75, 3.05) is 16.8 Å². The van der Waals surface area contributed by atoms with Crippen LogP contribution >= 0.6 is 0 Å². The molecule has 0 bridgehead atoms. The van der Waals surface area contributed by atoms with E-state index in [0.29, 0.717) is 10.6 Å². The lowest BCUT2D eigenvalue weighted by atomic mass is 10.2. The van der Waals surface area contributed by atoms with Crippen LogP contribution in [0.15, 0.2) is 47.4 Å². The average molecular weight is 302 g/mol. The fourth-order valence-corrected chi connectivity index (χ4v) is 3.12. The second-order valence-electron chi connectivity index (χ2n) is 4.88. The van der Waals surface area contributed by atoms with E-state index in [9.17, 15) is 9.00 Å². The molecule has 3 N–H and O–H groups in total. The smallest absolute Gasteiger partial charge is 0.237 e. The van der Waals surface area contributed by atoms with E-state index >= 15 is 0 Å². The first-order valence-corrected chi connectivity index (χ1v) is 7.89. The molecule has 21 heavy (non-hydrogen) atoms. The number of amides is 1. The van der Waals surface area contributed by atoms with Crippen molar-refractivity contribution in [2.45, 2.75) is 18.7 Å². The van der Waals surface area contributed by atoms with Gasteiger partial charge in [0.2, 0.25) is 5.91 Å². The fraction of sp³-hybridized carbons (Fsp3) is 0.188. The Labute approximate surface area is 126 Å². The summed E-state index contributed by atoms with van der Waals surface area (Å²) in [5.41, 5.74) is 8.82. The quantitative estimate of drug-likeness (QED) is 0.853. The molecule has 0 spiro atoms. The van der Waals surface area contributed by atoms with Gasteiger partial charge in [-0.1, -0.05) is 24.3 Å². The predicted octanol–water partition coefficient (Wildman–Crippen LogP) is 2.63. The number of carbonyl (C=O) groups is 1. The van der Waals surface area contributed by atoms with Crippen molar-refractivity contribution >= 4 is 28.1 Å². The standard InChI is InChI=1S/C16H18N2O2S/c1-11-5-3-4-6-14(11)18-16(19)10-21(20)15-9-13(17)8-7-12(15)2/h3-9H,10,17H2,1-2H3,(H,18,19). The molecule has 0 aliphatic rings. The van der Waals surface area contributed by atoms with Crippen LogP contribution in [0.5, 0.6) is 0 Å². The van der Waals surface area contributed by atoms with Gasteiger partial charge in [0.05, 0.1) is 10.8 Å². The van der Waals surface area contributed by atoms with Crippen molar-refractivity contribution < 1.29 is 9.00 Å². The van der Waals surface area contributed by atoms with Crippen molar-refractivity contribution in [3.8, 4) is 0 Å². The molecule has 110 valence electrons. The highest BCUT2D eigenvalue weighted by Gasteiger charge is 2.13. The Morgan fingerprint density at radius 2 is 1.86 bits per heavy atom. The van der Waals surface area contributed by atoms with Crippen molar-refractivity contribution in [2.24, 2.45) is 0 Å². The SMILES string of the molecule is Cc1ccccc1NC(=O)CS(=O)c1cc(N)ccc1C. The van der Waals surface area contributed by atoms with E-state index < -0.39 is 10.8 Å². The van der Waals surface area contributed by atoms with E-state index in [1.165, 1.54) is 0 Å². The van der Waals surface area contributed by atoms with Gasteiger partial charge in [0, 0.05) is 16.3 Å². The van der Waals surface area contributed by atoms with Gasteiger partial charge in [-0.2, -0.15) is 0 Å². The number of carbonyl (C=O) groups excluding carboxylic acids is 1. The zero-order chi connectivity index (χ0) is 15.4. The molecule has 1 amide bonds. The van der Waals surface area contributed by atoms with Crippen LogP contribution in [0, 0.1) is 13.8 Å². The van der Waals surface area contributed by atoms with Crippen molar-refractivity contribution in [3.63, 3.8) is 0 Å². The van der Waals surface area contributed by atoms with E-state index in [2.05, 4.69) is 5.32 Å². The van der Waals surface area contributed by atoms with Crippen molar-refractivity contribution in [1.82, 2.24) is 0 Å². The summed E-state index contributed by atoms with van der Waals surface area (Å²) in [6.07, 6.45) is 0. The van der Waals surface area contributed by atoms with Crippen LogP contribution in [-0.2, 0) is 15.6 Å². The first kappa shape index (κ1) is 15.3. The maximum atomic E-state index is 12.3. The molecule has 2 rings (SSSR count). The van der Waals surface area contributed by atoms with Crippen LogP contribution in [0.1, 0.15) is 11.1 Å². The number of para-hydroxylation sites is 1. The molecule has 4 nitrogen and oxygen atoms in total. The lowest BCUT2D eigenvalue weighted by Crippen LogP contribution is -2.20. The summed E-state index contributed by atoms with van der Waals surface area (Å²) >= 11 is 0. The third-order valence-corrected chi connectivity index (χ3v) is 4.59. The van der Waals surface area contributed by atoms with Crippen LogP contribution in [-0.4, -0.2) is 15.9 Å². The average Bonchev–Trinajstić information content (AvgIpc) is 2.44. The fourth-order valence-electron chi connectivity index (χ4n) is 1.96. The molecule has 0 fully saturated rings. The molecule has 2 aromatic rings. The van der Waals surface area contributed by atoms with Crippen molar-refractivity contribution in [1.29, 1.82) is 0 Å². The molecule has 1 atom stereocenters. The maximum absolute atomic E-state index is 12.3. The summed E-state index contributed by atoms with van der Waals surface area (Å²) in [5, 5.41) is 2.78. The van der Waals surface area contributed by atoms with Gasteiger partial charge in [-0.25, -0.2) is 0 Å². The Morgan fingerprint density at radius 1 is 1.14 bits per heavy atom. The monoisotopic (exact) mass is 302 g/mol. The van der Waals surface area contributed by atoms with Crippen LogP contribution in [0.25, 0.3) is 0 Å². The Balaban J connectivity index is 2.08. The minimum atomic E-state index is -1.41. The summed E-state index contributed by atoms with van der Waals surface area (Å²) in [6, 6.07) is 12.7. The zero-order valence-corrected chi connectivity index (χ0v) is 12.9. The lowest BCUT2D eigenvalue weighted by Gasteiger charge is -2.09. The molecule has 0 aliphatic heterocycles. The van der Waals surface area contributed by atoms with E-state index in [0.717, 1.165) is 16.8 Å². The van der Waals surface area contributed by atoms with Crippen molar-refractivity contribution in [3.05, 3.63) is 53.6 Å². The topological polar surface area (TPSA) is 72.2 Å². The molecule has 0 aromatic heterocycles. The lowest BCUT2D eigenvalue weighted by molar-refractivity contribution is -0.113. The number of hydrogen-bond donors (Lipinski definition) is 2. The number of hydrogen-bond acceptors (Lipinski definition) is 3. The van der Waals surface area contributed by atoms with Gasteiger partial charge in [-0.05, 0) is 43.2 Å². The Kier molecular flexibility index (Phi) is 4.75. The number of nitrogen functional groups attached to an aromatic ring is 1. The second-order valence-corrected chi connectivity index (χ2v) is 6.30. The molecule has 0 aliphatic carbocycles. The number of rotatable bonds is 4. The van der Waals surface area contributed by atoms with Gasteiger partial charge in [0.25, 0.3) is 0 Å². The largest absolute Gasteiger partial charge is 0.399 e. The zero-order valence-electron chi connectivity index (χ0n) is 12.1. The minimum absolute atomic E-state index is 0.0847. The van der Waals surface area contributed by atoms with Crippen LogP contribution in [0.2, 0.25) is 0 Å². The number of aryl methyl sites for hydroxylation is 2. The van der Waals surface area contributed by atoms with E-state index in [1.54, 1.807) is 12.1 Å². The number of nitrogens with one attached hydrogen (secondary N) is 1. The van der Waals surface area contributed by atoms with E-state index in [1.807, 2.05) is 44.2 Å². The Hall–Kier alpha value is -2.14. The van der Waals surface area contributed by atoms with Gasteiger partial charge >= 0.3 is 0 Å². The molecule has 0 radical (unpaired) electrons. The third kappa shape index (κ3) is 3.92. The van der Waals surface area contributed by atoms with E-state index in [-0.39, 0.29) is 11.7 Å². The highest BCUT2D eigenvalue weighted by Crippen LogP contribution is 2.18. The van der Waals surface area contributed by atoms with Gasteiger partial charge < -0.3 is 11.1 Å². The summed E-state index contributed by atoms with van der Waals surface area (Å²) in [6.45, 7) is 3.76. The number of anilines is 2. The molecule has 5 heteroatoms. The molecule has 2 aromatic carbocycles. The Bertz CT molecular complexity index is 698. The van der Waals surface area contributed by atoms with Crippen LogP contribution in [0.3, 0.4) is 0 Å². The summed E-state index contributed by atoms with van der Waals surface area (Å²) in [7, 11) is -1.41. The molecule has 0 saturated carbocycles. The summed E-state index contributed by atoms with van der Waals surface area (Å²) in [4.78, 5) is 12.6. The second kappa shape index (κ2) is 6.54. The van der Waals surface area contributed by atoms with Crippen LogP contribution < -0.4 is 11.1 Å². The molecule has 0 saturated heterocycles. The van der Waals surface area contributed by atoms with Gasteiger partial charge in [-0.15, -0.1) is 0 Å². The number of nitrogens with two attached hydrogens (primary N) is 1. The van der Waals surface area contributed by atoms with E-state index in [4.69, 9.17) is 5.73 Å². The van der Waals surface area contributed by atoms with Gasteiger partial charge in [0.15, 0.2) is 0 Å². The highest BCUT2D eigenvalue weighted by molar-refractivity contribution is 7.85. The Morgan fingerprint density at radius 3 is 2.57 bits per heavy atom. The molecule has 1 unspecified atom stereocenters. The first-order valence-electron chi connectivity index (χ1n) is 6.57. The normalized spacial score (nSPS) is 11.9. The number of benzene rings is 2. The highest BCUT2D eigenvalue weighted by atomic mass is 32.2. The van der Waals surface area contributed by atoms with Gasteiger partial charge in [-0.3, -0.25) is 9.00 Å². The van der Waals surface area contributed by atoms with Gasteiger partial charge in [0.1, 0.15) is 5.75 Å². The first-order chi connectivity index (χ1) is 9.97. The third-order valence-electron chi connectivity index (χ3n) is 3.14. The predicted molar refractivity (Wildman–Crippen MR) is 86.7 cm³/mol. The maximum Gasteiger partial charge on any atom is 0.237 e. The molecule has 0 heterocycles. The van der Waals surface area contributed by atoms with Crippen LogP contribution in [0.4, 0.5) is 11.4 Å². The minimum Gasteiger partial charge on any atom is -0.399 e. The summed E-state index contributed by atoms with van der Waals surface area (Å²) in [5.74, 6) is -0.358. The molecular weight excluding hydrogens is 284 g/mol. The molecular formula is C16H18N2O2S. The summed E-state index contributed by atoms with van der Waals surface area (Å²) < 4.78 is 12.3.